The molecule has 1 aliphatic heterocycles. The van der Waals surface area contributed by atoms with E-state index >= 15 is 0 Å². The lowest BCUT2D eigenvalue weighted by atomic mass is 10.0. The Kier molecular flexibility index (Phi) is 6.35. The Bertz CT molecular complexity index is 1140. The summed E-state index contributed by atoms with van der Waals surface area (Å²) in [6.07, 6.45) is 3.25. The molecule has 7 heteroatoms. The van der Waals surface area contributed by atoms with Gasteiger partial charge in [-0.25, -0.2) is 0 Å². The molecule has 1 aliphatic rings. The van der Waals surface area contributed by atoms with Crippen LogP contribution in [0.5, 0.6) is 11.5 Å². The number of H-pyrrole nitrogens is 1. The first kappa shape index (κ1) is 21.7. The zero-order valence-electron chi connectivity index (χ0n) is 18.7. The zero-order chi connectivity index (χ0) is 22.7. The number of benzene rings is 2. The Morgan fingerprint density at radius 2 is 2.06 bits per heavy atom. The molecule has 32 heavy (non-hydrogen) atoms. The van der Waals surface area contributed by atoms with Crippen molar-refractivity contribution in [1.82, 2.24) is 15.6 Å². The smallest absolute Gasteiger partial charge is 0.243 e. The van der Waals surface area contributed by atoms with E-state index in [4.69, 9.17) is 9.47 Å². The van der Waals surface area contributed by atoms with Crippen LogP contribution in [0.15, 0.2) is 42.6 Å². The average Bonchev–Trinajstić information content (AvgIpc) is 3.33. The van der Waals surface area contributed by atoms with Gasteiger partial charge in [0, 0.05) is 54.5 Å². The van der Waals surface area contributed by atoms with Crippen LogP contribution in [0.1, 0.15) is 37.5 Å². The highest BCUT2D eigenvalue weighted by atomic mass is 16.5. The highest BCUT2D eigenvalue weighted by molar-refractivity contribution is 5.89. The third kappa shape index (κ3) is 4.72. The molecule has 2 unspecified atom stereocenters. The van der Waals surface area contributed by atoms with Gasteiger partial charge in [0.15, 0.2) is 0 Å². The van der Waals surface area contributed by atoms with Crippen LogP contribution < -0.4 is 20.1 Å². The minimum Gasteiger partial charge on any atom is -0.494 e. The van der Waals surface area contributed by atoms with Gasteiger partial charge in [-0.05, 0) is 37.6 Å². The lowest BCUT2D eigenvalue weighted by Gasteiger charge is -2.19. The number of nitrogens with one attached hydrogen (secondary N) is 3. The summed E-state index contributed by atoms with van der Waals surface area (Å²) in [5.41, 5.74) is 3.94. The Balaban J connectivity index is 1.50. The molecule has 2 atom stereocenters. The SMILES string of the molecule is CCOc1cc2c(cc1CNC(=O)C(Cc1c[nH]c3ccccc13)NC(C)=O)OC(C)C2. The van der Waals surface area contributed by atoms with E-state index in [1.807, 2.05) is 56.4 Å². The fraction of sp³-hybridized carbons (Fsp3) is 0.360. The summed E-state index contributed by atoms with van der Waals surface area (Å²) in [7, 11) is 0. The van der Waals surface area contributed by atoms with Crippen molar-refractivity contribution in [2.24, 2.45) is 0 Å². The standard InChI is InChI=1S/C25H29N3O4/c1-4-31-23-11-17-9-15(2)32-24(17)12-19(23)14-27-25(30)22(28-16(3)29)10-18-13-26-21-8-6-5-7-20(18)21/h5-8,11-13,15,22,26H,4,9-10,14H2,1-3H3,(H,27,30)(H,28,29). The third-order valence-corrected chi connectivity index (χ3v) is 5.63. The normalized spacial score (nSPS) is 15.7. The Morgan fingerprint density at radius 1 is 1.25 bits per heavy atom. The van der Waals surface area contributed by atoms with Crippen molar-refractivity contribution < 1.29 is 19.1 Å². The van der Waals surface area contributed by atoms with E-state index in [2.05, 4.69) is 15.6 Å². The monoisotopic (exact) mass is 435 g/mol. The first-order valence-electron chi connectivity index (χ1n) is 11.0. The van der Waals surface area contributed by atoms with Gasteiger partial charge in [-0.2, -0.15) is 0 Å². The molecule has 0 aliphatic carbocycles. The van der Waals surface area contributed by atoms with Crippen molar-refractivity contribution >= 4 is 22.7 Å². The van der Waals surface area contributed by atoms with Crippen molar-refractivity contribution in [3.8, 4) is 11.5 Å². The largest absolute Gasteiger partial charge is 0.494 e. The maximum atomic E-state index is 13.1. The summed E-state index contributed by atoms with van der Waals surface area (Å²) in [6.45, 7) is 6.20. The van der Waals surface area contributed by atoms with Crippen molar-refractivity contribution in [2.45, 2.75) is 52.3 Å². The van der Waals surface area contributed by atoms with Crippen LogP contribution in [0, 0.1) is 0 Å². The number of amides is 2. The first-order valence-corrected chi connectivity index (χ1v) is 11.0. The van der Waals surface area contributed by atoms with Crippen molar-refractivity contribution in [1.29, 1.82) is 0 Å². The number of rotatable bonds is 8. The van der Waals surface area contributed by atoms with E-state index < -0.39 is 6.04 Å². The summed E-state index contributed by atoms with van der Waals surface area (Å²) >= 11 is 0. The number of para-hydroxylation sites is 1. The van der Waals surface area contributed by atoms with Gasteiger partial charge in [-0.1, -0.05) is 18.2 Å². The fourth-order valence-corrected chi connectivity index (χ4v) is 4.19. The van der Waals surface area contributed by atoms with Gasteiger partial charge < -0.3 is 25.1 Å². The van der Waals surface area contributed by atoms with E-state index in [1.165, 1.54) is 6.92 Å². The molecule has 3 N–H and O–H groups in total. The van der Waals surface area contributed by atoms with E-state index in [9.17, 15) is 9.59 Å². The predicted octanol–water partition coefficient (Wildman–Crippen LogP) is 3.25. The van der Waals surface area contributed by atoms with Crippen molar-refractivity contribution in [3.05, 3.63) is 59.3 Å². The van der Waals surface area contributed by atoms with Gasteiger partial charge in [-0.3, -0.25) is 9.59 Å². The molecule has 4 rings (SSSR count). The number of hydrogen-bond acceptors (Lipinski definition) is 4. The van der Waals surface area contributed by atoms with Gasteiger partial charge in [0.25, 0.3) is 0 Å². The second-order valence-electron chi connectivity index (χ2n) is 8.17. The fourth-order valence-electron chi connectivity index (χ4n) is 4.19. The van der Waals surface area contributed by atoms with E-state index in [-0.39, 0.29) is 24.5 Å². The lowest BCUT2D eigenvalue weighted by Crippen LogP contribution is -2.47. The molecule has 2 amide bonds. The zero-order valence-corrected chi connectivity index (χ0v) is 18.7. The molecular weight excluding hydrogens is 406 g/mol. The maximum absolute atomic E-state index is 13.1. The number of aromatic nitrogens is 1. The summed E-state index contributed by atoms with van der Waals surface area (Å²) in [5.74, 6) is 1.09. The molecule has 2 aromatic carbocycles. The molecule has 1 aromatic heterocycles. The number of hydrogen-bond donors (Lipinski definition) is 3. The Labute approximate surface area is 187 Å². The van der Waals surface area contributed by atoms with Crippen molar-refractivity contribution in [2.75, 3.05) is 6.61 Å². The van der Waals surface area contributed by atoms with Gasteiger partial charge in [0.05, 0.1) is 6.61 Å². The summed E-state index contributed by atoms with van der Waals surface area (Å²) in [4.78, 5) is 28.1. The molecule has 0 saturated heterocycles. The summed E-state index contributed by atoms with van der Waals surface area (Å²) in [5, 5.41) is 6.79. The van der Waals surface area contributed by atoms with Crippen LogP contribution in [0.3, 0.4) is 0 Å². The number of fused-ring (bicyclic) bond motifs is 2. The van der Waals surface area contributed by atoms with Crippen molar-refractivity contribution in [3.63, 3.8) is 0 Å². The Morgan fingerprint density at radius 3 is 2.84 bits per heavy atom. The highest BCUT2D eigenvalue weighted by Gasteiger charge is 2.24. The maximum Gasteiger partial charge on any atom is 0.243 e. The topological polar surface area (TPSA) is 92.5 Å². The van der Waals surface area contributed by atoms with Gasteiger partial charge in [-0.15, -0.1) is 0 Å². The molecule has 3 aromatic rings. The van der Waals surface area contributed by atoms with Crippen LogP contribution >= 0.6 is 0 Å². The molecule has 0 spiro atoms. The number of carbonyl (C=O) groups excluding carboxylic acids is 2. The van der Waals surface area contributed by atoms with Crippen LogP contribution in [0.25, 0.3) is 10.9 Å². The second kappa shape index (κ2) is 9.34. The van der Waals surface area contributed by atoms with Crippen LogP contribution in [-0.2, 0) is 29.0 Å². The van der Waals surface area contributed by atoms with Gasteiger partial charge in [0.2, 0.25) is 11.8 Å². The molecule has 0 radical (unpaired) electrons. The van der Waals surface area contributed by atoms with E-state index in [0.717, 1.165) is 45.5 Å². The predicted molar refractivity (Wildman–Crippen MR) is 123 cm³/mol. The molecular formula is C25H29N3O4. The summed E-state index contributed by atoms with van der Waals surface area (Å²) in [6, 6.07) is 11.2. The van der Waals surface area contributed by atoms with Crippen LogP contribution in [-0.4, -0.2) is 35.6 Å². The van der Waals surface area contributed by atoms with Gasteiger partial charge in [0.1, 0.15) is 23.6 Å². The molecule has 168 valence electrons. The average molecular weight is 436 g/mol. The number of carbonyl (C=O) groups is 2. The number of ether oxygens (including phenoxy) is 2. The van der Waals surface area contributed by atoms with Gasteiger partial charge >= 0.3 is 0 Å². The van der Waals surface area contributed by atoms with Crippen LogP contribution in [0.2, 0.25) is 0 Å². The molecule has 2 heterocycles. The molecule has 7 nitrogen and oxygen atoms in total. The minimum atomic E-state index is -0.687. The van der Waals surface area contributed by atoms with E-state index in [1.54, 1.807) is 0 Å². The second-order valence-corrected chi connectivity index (χ2v) is 8.17. The molecule has 0 saturated carbocycles. The lowest BCUT2D eigenvalue weighted by molar-refractivity contribution is -0.128. The number of aromatic amines is 1. The first-order chi connectivity index (χ1) is 15.4. The Hall–Kier alpha value is -3.48. The van der Waals surface area contributed by atoms with E-state index in [0.29, 0.717) is 13.0 Å². The van der Waals surface area contributed by atoms with Crippen LogP contribution in [0.4, 0.5) is 0 Å². The summed E-state index contributed by atoms with van der Waals surface area (Å²) < 4.78 is 11.7. The molecule has 0 bridgehead atoms. The third-order valence-electron chi connectivity index (χ3n) is 5.63. The highest BCUT2D eigenvalue weighted by Crippen LogP contribution is 2.35. The quantitative estimate of drug-likeness (QED) is 0.506. The molecule has 0 fully saturated rings. The minimum absolute atomic E-state index is 0.129.